The second kappa shape index (κ2) is 10.8. The van der Waals surface area contributed by atoms with Gasteiger partial charge in [-0.05, 0) is 49.2 Å². The Morgan fingerprint density at radius 2 is 1.63 bits per heavy atom. The Morgan fingerprint density at radius 3 is 2.37 bits per heavy atom. The summed E-state index contributed by atoms with van der Waals surface area (Å²) in [5.74, 6) is -2.88. The van der Waals surface area contributed by atoms with Crippen molar-refractivity contribution in [2.75, 3.05) is 19.6 Å². The van der Waals surface area contributed by atoms with E-state index >= 15 is 0 Å². The number of amides is 2. The van der Waals surface area contributed by atoms with E-state index in [0.717, 1.165) is 37.3 Å². The van der Waals surface area contributed by atoms with Crippen LogP contribution in [0.25, 0.3) is 0 Å². The maximum absolute atomic E-state index is 13.6. The molecule has 2 aromatic rings. The minimum absolute atomic E-state index is 0.289. The van der Waals surface area contributed by atoms with E-state index in [1.165, 1.54) is 31.2 Å². The summed E-state index contributed by atoms with van der Waals surface area (Å²) in [6, 6.07) is 10.8. The summed E-state index contributed by atoms with van der Waals surface area (Å²) in [5, 5.41) is 5.10. The number of hydrogen-bond donors (Lipinski definition) is 2. The number of halogens is 2. The standard InChI is InChI=1S/C23H27F2N3O2/c24-19-8-9-20(21(25)13-19)23(30)27-15-22(29)26-14-17-6-5-7-18(12-17)16-28-10-3-1-2-4-11-28/h5-9,12-13H,1-4,10-11,14-16H2,(H,26,29)(H,27,30). The van der Waals surface area contributed by atoms with Gasteiger partial charge in [0.1, 0.15) is 11.6 Å². The quantitative estimate of drug-likeness (QED) is 0.729. The van der Waals surface area contributed by atoms with Crippen LogP contribution in [0.3, 0.4) is 0 Å². The van der Waals surface area contributed by atoms with E-state index in [0.29, 0.717) is 12.6 Å². The minimum Gasteiger partial charge on any atom is -0.350 e. The second-order valence-corrected chi connectivity index (χ2v) is 7.59. The fourth-order valence-electron chi connectivity index (χ4n) is 3.58. The zero-order chi connectivity index (χ0) is 21.3. The minimum atomic E-state index is -0.964. The van der Waals surface area contributed by atoms with E-state index in [4.69, 9.17) is 0 Å². The molecule has 30 heavy (non-hydrogen) atoms. The molecule has 0 bridgehead atoms. The van der Waals surface area contributed by atoms with E-state index in [1.54, 1.807) is 0 Å². The van der Waals surface area contributed by atoms with Gasteiger partial charge in [0.25, 0.3) is 5.91 Å². The van der Waals surface area contributed by atoms with E-state index in [1.807, 2.05) is 12.1 Å². The van der Waals surface area contributed by atoms with Crippen LogP contribution in [0.5, 0.6) is 0 Å². The highest BCUT2D eigenvalue weighted by atomic mass is 19.1. The lowest BCUT2D eigenvalue weighted by Crippen LogP contribution is -2.37. The van der Waals surface area contributed by atoms with Crippen LogP contribution in [-0.4, -0.2) is 36.3 Å². The highest BCUT2D eigenvalue weighted by Crippen LogP contribution is 2.14. The lowest BCUT2D eigenvalue weighted by Gasteiger charge is -2.20. The molecule has 2 aromatic carbocycles. The summed E-state index contributed by atoms with van der Waals surface area (Å²) in [6.07, 6.45) is 5.08. The second-order valence-electron chi connectivity index (χ2n) is 7.59. The Morgan fingerprint density at radius 1 is 0.900 bits per heavy atom. The van der Waals surface area contributed by atoms with Gasteiger partial charge in [-0.2, -0.15) is 0 Å². The number of hydrogen-bond acceptors (Lipinski definition) is 3. The van der Waals surface area contributed by atoms with Crippen molar-refractivity contribution in [1.82, 2.24) is 15.5 Å². The third-order valence-corrected chi connectivity index (χ3v) is 5.17. The third kappa shape index (κ3) is 6.62. The lowest BCUT2D eigenvalue weighted by atomic mass is 10.1. The van der Waals surface area contributed by atoms with Crippen LogP contribution in [0, 0.1) is 11.6 Å². The molecule has 2 N–H and O–H groups in total. The number of benzene rings is 2. The maximum Gasteiger partial charge on any atom is 0.254 e. The summed E-state index contributed by atoms with van der Waals surface area (Å²) in [5.41, 5.74) is 1.89. The van der Waals surface area contributed by atoms with Crippen LogP contribution in [0.4, 0.5) is 8.78 Å². The Labute approximate surface area is 175 Å². The molecule has 0 saturated carbocycles. The molecule has 1 heterocycles. The molecule has 2 amide bonds. The molecule has 0 unspecified atom stereocenters. The van der Waals surface area contributed by atoms with Crippen molar-refractivity contribution < 1.29 is 18.4 Å². The molecular weight excluding hydrogens is 388 g/mol. The molecule has 160 valence electrons. The highest BCUT2D eigenvalue weighted by Gasteiger charge is 2.14. The van der Waals surface area contributed by atoms with Crippen molar-refractivity contribution in [1.29, 1.82) is 0 Å². The molecule has 3 rings (SSSR count). The zero-order valence-electron chi connectivity index (χ0n) is 16.9. The number of rotatable bonds is 7. The largest absolute Gasteiger partial charge is 0.350 e. The molecule has 0 radical (unpaired) electrons. The first-order valence-electron chi connectivity index (χ1n) is 10.3. The van der Waals surface area contributed by atoms with Crippen molar-refractivity contribution in [2.45, 2.75) is 38.8 Å². The monoisotopic (exact) mass is 415 g/mol. The van der Waals surface area contributed by atoms with Crippen molar-refractivity contribution in [2.24, 2.45) is 0 Å². The van der Waals surface area contributed by atoms with Crippen LogP contribution in [-0.2, 0) is 17.9 Å². The first-order chi connectivity index (χ1) is 14.5. The molecule has 7 heteroatoms. The van der Waals surface area contributed by atoms with Gasteiger partial charge in [0, 0.05) is 19.2 Å². The van der Waals surface area contributed by atoms with E-state index < -0.39 is 17.5 Å². The Hall–Kier alpha value is -2.80. The summed E-state index contributed by atoms with van der Waals surface area (Å²) < 4.78 is 26.5. The van der Waals surface area contributed by atoms with Crippen molar-refractivity contribution in [3.05, 3.63) is 70.8 Å². The SMILES string of the molecule is O=C(CNC(=O)c1ccc(F)cc1F)NCc1cccc(CN2CCCCCC2)c1. The number of nitrogens with one attached hydrogen (secondary N) is 2. The summed E-state index contributed by atoms with van der Waals surface area (Å²) in [7, 11) is 0. The number of carbonyl (C=O) groups is 2. The van der Waals surface area contributed by atoms with Gasteiger partial charge in [0.05, 0.1) is 12.1 Å². The van der Waals surface area contributed by atoms with Crippen LogP contribution in [0.15, 0.2) is 42.5 Å². The highest BCUT2D eigenvalue weighted by molar-refractivity contribution is 5.96. The van der Waals surface area contributed by atoms with Gasteiger partial charge in [-0.1, -0.05) is 37.1 Å². The Kier molecular flexibility index (Phi) is 7.90. The first kappa shape index (κ1) is 21.9. The molecular formula is C23H27F2N3O2. The lowest BCUT2D eigenvalue weighted by molar-refractivity contribution is -0.120. The maximum atomic E-state index is 13.6. The molecule has 1 fully saturated rings. The molecule has 0 atom stereocenters. The normalized spacial score (nSPS) is 14.7. The van der Waals surface area contributed by atoms with Gasteiger partial charge < -0.3 is 10.6 Å². The molecule has 5 nitrogen and oxygen atoms in total. The zero-order valence-corrected chi connectivity index (χ0v) is 16.9. The van der Waals surface area contributed by atoms with E-state index in [-0.39, 0.29) is 18.0 Å². The molecule has 1 saturated heterocycles. The van der Waals surface area contributed by atoms with Crippen LogP contribution in [0.1, 0.15) is 47.2 Å². The summed E-state index contributed by atoms with van der Waals surface area (Å²) in [6.45, 7) is 3.20. The number of nitrogens with zero attached hydrogens (tertiary/aromatic N) is 1. The summed E-state index contributed by atoms with van der Waals surface area (Å²) >= 11 is 0. The van der Waals surface area contributed by atoms with Gasteiger partial charge in [0.15, 0.2) is 0 Å². The third-order valence-electron chi connectivity index (χ3n) is 5.17. The van der Waals surface area contributed by atoms with Crippen molar-refractivity contribution >= 4 is 11.8 Å². The molecule has 1 aliphatic heterocycles. The predicted octanol–water partition coefficient (Wildman–Crippen LogP) is 3.39. The fourth-order valence-corrected chi connectivity index (χ4v) is 3.58. The smallest absolute Gasteiger partial charge is 0.254 e. The van der Waals surface area contributed by atoms with Crippen LogP contribution in [0.2, 0.25) is 0 Å². The Bertz CT molecular complexity index is 881. The van der Waals surface area contributed by atoms with E-state index in [9.17, 15) is 18.4 Å². The fraction of sp³-hybridized carbons (Fsp3) is 0.391. The molecule has 1 aliphatic rings. The van der Waals surface area contributed by atoms with Gasteiger partial charge in [-0.3, -0.25) is 14.5 Å². The molecule has 0 aromatic heterocycles. The average molecular weight is 415 g/mol. The topological polar surface area (TPSA) is 61.4 Å². The van der Waals surface area contributed by atoms with Crippen LogP contribution < -0.4 is 10.6 Å². The average Bonchev–Trinajstić information content (AvgIpc) is 2.99. The van der Waals surface area contributed by atoms with Gasteiger partial charge in [0.2, 0.25) is 5.91 Å². The van der Waals surface area contributed by atoms with Gasteiger partial charge in [-0.25, -0.2) is 8.78 Å². The molecule has 0 aliphatic carbocycles. The van der Waals surface area contributed by atoms with Crippen molar-refractivity contribution in [3.8, 4) is 0 Å². The first-order valence-corrected chi connectivity index (χ1v) is 10.3. The van der Waals surface area contributed by atoms with Crippen molar-refractivity contribution in [3.63, 3.8) is 0 Å². The summed E-state index contributed by atoms with van der Waals surface area (Å²) in [4.78, 5) is 26.5. The molecule has 0 spiro atoms. The number of likely N-dealkylation sites (tertiary alicyclic amines) is 1. The predicted molar refractivity (Wildman–Crippen MR) is 111 cm³/mol. The van der Waals surface area contributed by atoms with Crippen LogP contribution >= 0.6 is 0 Å². The number of carbonyl (C=O) groups excluding carboxylic acids is 2. The van der Waals surface area contributed by atoms with E-state index in [2.05, 4.69) is 27.7 Å². The Balaban J connectivity index is 1.45. The van der Waals surface area contributed by atoms with Gasteiger partial charge >= 0.3 is 0 Å². The van der Waals surface area contributed by atoms with Gasteiger partial charge in [-0.15, -0.1) is 0 Å².